The number of rotatable bonds is 6. The molecule has 17 heavy (non-hydrogen) atoms. The zero-order chi connectivity index (χ0) is 12.8. The highest BCUT2D eigenvalue weighted by molar-refractivity contribution is 5.76. The third kappa shape index (κ3) is 5.10. The second-order valence-corrected chi connectivity index (χ2v) is 4.02. The molecule has 0 spiro atoms. The Labute approximate surface area is 98.8 Å². The van der Waals surface area contributed by atoms with Crippen molar-refractivity contribution in [2.75, 3.05) is 0 Å². The van der Waals surface area contributed by atoms with Gasteiger partial charge in [0, 0.05) is 18.7 Å². The van der Waals surface area contributed by atoms with Crippen LogP contribution in [0, 0.1) is 0 Å². The lowest BCUT2D eigenvalue weighted by molar-refractivity contribution is -0.136. The summed E-state index contributed by atoms with van der Waals surface area (Å²) in [5.41, 5.74) is 0.391. The molecule has 1 rings (SSSR count). The van der Waals surface area contributed by atoms with Crippen LogP contribution >= 0.6 is 0 Å². The number of aromatic nitrogens is 3. The van der Waals surface area contributed by atoms with Gasteiger partial charge < -0.3 is 10.4 Å². The van der Waals surface area contributed by atoms with Crippen molar-refractivity contribution in [1.29, 1.82) is 0 Å². The molecule has 0 fully saturated rings. The standard InChI is InChI=1S/C10H16N4O3/c1-7(2)11-9(15)3-4-14-6-8(12-13-14)5-10(16)17/h6-7H,3-5H2,1-2H3,(H,11,15)(H,16,17). The van der Waals surface area contributed by atoms with E-state index in [0.29, 0.717) is 18.7 Å². The third-order valence-corrected chi connectivity index (χ3v) is 1.94. The summed E-state index contributed by atoms with van der Waals surface area (Å²) in [6, 6.07) is 0.112. The topological polar surface area (TPSA) is 97.1 Å². The fraction of sp³-hybridized carbons (Fsp3) is 0.600. The van der Waals surface area contributed by atoms with Gasteiger partial charge in [-0.25, -0.2) is 0 Å². The van der Waals surface area contributed by atoms with E-state index in [1.165, 1.54) is 10.9 Å². The van der Waals surface area contributed by atoms with E-state index in [2.05, 4.69) is 15.6 Å². The van der Waals surface area contributed by atoms with Crippen LogP contribution in [0.15, 0.2) is 6.20 Å². The molecule has 0 saturated heterocycles. The van der Waals surface area contributed by atoms with E-state index in [-0.39, 0.29) is 18.4 Å². The fourth-order valence-corrected chi connectivity index (χ4v) is 1.29. The number of carbonyl (C=O) groups excluding carboxylic acids is 1. The molecule has 1 heterocycles. The van der Waals surface area contributed by atoms with Gasteiger partial charge in [-0.3, -0.25) is 14.3 Å². The number of nitrogens with one attached hydrogen (secondary N) is 1. The number of carbonyl (C=O) groups is 2. The van der Waals surface area contributed by atoms with Crippen molar-refractivity contribution in [2.45, 2.75) is 39.3 Å². The number of aryl methyl sites for hydroxylation is 1. The molecule has 1 amide bonds. The normalized spacial score (nSPS) is 10.5. The summed E-state index contributed by atoms with van der Waals surface area (Å²) in [7, 11) is 0. The summed E-state index contributed by atoms with van der Waals surface area (Å²) in [6.45, 7) is 4.17. The summed E-state index contributed by atoms with van der Waals surface area (Å²) in [4.78, 5) is 21.8. The molecule has 0 unspecified atom stereocenters. The Hall–Kier alpha value is -1.92. The summed E-state index contributed by atoms with van der Waals surface area (Å²) in [5.74, 6) is -1.01. The first-order chi connectivity index (χ1) is 7.97. The van der Waals surface area contributed by atoms with Crippen LogP contribution in [0.25, 0.3) is 0 Å². The number of hydrogen-bond donors (Lipinski definition) is 2. The Balaban J connectivity index is 2.39. The molecule has 0 aromatic carbocycles. The van der Waals surface area contributed by atoms with E-state index in [1.807, 2.05) is 13.8 Å². The largest absolute Gasteiger partial charge is 0.481 e. The van der Waals surface area contributed by atoms with Crippen molar-refractivity contribution in [2.24, 2.45) is 0 Å². The number of amides is 1. The first-order valence-electron chi connectivity index (χ1n) is 5.37. The molecule has 7 nitrogen and oxygen atoms in total. The summed E-state index contributed by atoms with van der Waals surface area (Å²) < 4.78 is 1.47. The average Bonchev–Trinajstić information content (AvgIpc) is 2.60. The third-order valence-electron chi connectivity index (χ3n) is 1.94. The molecule has 1 aromatic rings. The van der Waals surface area contributed by atoms with Crippen LogP contribution in [0.3, 0.4) is 0 Å². The van der Waals surface area contributed by atoms with Crippen LogP contribution in [0.1, 0.15) is 26.0 Å². The minimum atomic E-state index is -0.949. The molecule has 0 aliphatic heterocycles. The molecular weight excluding hydrogens is 224 g/mol. The quantitative estimate of drug-likeness (QED) is 0.719. The van der Waals surface area contributed by atoms with Crippen LogP contribution < -0.4 is 5.32 Å². The number of carboxylic acid groups (broad SMARTS) is 1. The van der Waals surface area contributed by atoms with Crippen LogP contribution in [0.2, 0.25) is 0 Å². The smallest absolute Gasteiger partial charge is 0.309 e. The molecule has 2 N–H and O–H groups in total. The van der Waals surface area contributed by atoms with Crippen molar-refractivity contribution in [3.8, 4) is 0 Å². The lowest BCUT2D eigenvalue weighted by atomic mass is 10.3. The fourth-order valence-electron chi connectivity index (χ4n) is 1.29. The molecule has 0 atom stereocenters. The van der Waals surface area contributed by atoms with Gasteiger partial charge in [0.15, 0.2) is 0 Å². The molecule has 0 aliphatic carbocycles. The summed E-state index contributed by atoms with van der Waals surface area (Å²) in [5, 5.41) is 18.7. The van der Waals surface area contributed by atoms with Gasteiger partial charge in [-0.05, 0) is 13.8 Å². The van der Waals surface area contributed by atoms with Crippen LogP contribution in [0.4, 0.5) is 0 Å². The SMILES string of the molecule is CC(C)NC(=O)CCn1cc(CC(=O)O)nn1. The zero-order valence-electron chi connectivity index (χ0n) is 9.88. The first kappa shape index (κ1) is 13.1. The maximum absolute atomic E-state index is 11.3. The number of hydrogen-bond acceptors (Lipinski definition) is 4. The molecule has 7 heteroatoms. The lowest BCUT2D eigenvalue weighted by Gasteiger charge is -2.07. The van der Waals surface area contributed by atoms with Gasteiger partial charge in [-0.15, -0.1) is 5.10 Å². The highest BCUT2D eigenvalue weighted by Gasteiger charge is 2.07. The van der Waals surface area contributed by atoms with E-state index in [1.54, 1.807) is 0 Å². The van der Waals surface area contributed by atoms with Gasteiger partial charge >= 0.3 is 5.97 Å². The predicted molar refractivity (Wildman–Crippen MR) is 59.3 cm³/mol. The van der Waals surface area contributed by atoms with E-state index < -0.39 is 5.97 Å². The summed E-state index contributed by atoms with van der Waals surface area (Å²) >= 11 is 0. The Kier molecular flexibility index (Phi) is 4.62. The minimum Gasteiger partial charge on any atom is -0.481 e. The van der Waals surface area contributed by atoms with Crippen molar-refractivity contribution in [3.05, 3.63) is 11.9 Å². The Morgan fingerprint density at radius 2 is 2.24 bits per heavy atom. The molecule has 0 radical (unpaired) electrons. The zero-order valence-corrected chi connectivity index (χ0v) is 9.88. The van der Waals surface area contributed by atoms with E-state index in [4.69, 9.17) is 5.11 Å². The maximum Gasteiger partial charge on any atom is 0.309 e. The van der Waals surface area contributed by atoms with Gasteiger partial charge in [0.05, 0.1) is 18.7 Å². The summed E-state index contributed by atoms with van der Waals surface area (Å²) in [6.07, 6.45) is 1.68. The van der Waals surface area contributed by atoms with Crippen LogP contribution in [-0.2, 0) is 22.6 Å². The van der Waals surface area contributed by atoms with Gasteiger partial charge in [-0.1, -0.05) is 5.21 Å². The first-order valence-corrected chi connectivity index (χ1v) is 5.37. The average molecular weight is 240 g/mol. The Morgan fingerprint density at radius 1 is 1.53 bits per heavy atom. The molecule has 0 saturated carbocycles. The highest BCUT2D eigenvalue weighted by Crippen LogP contribution is 1.96. The van der Waals surface area contributed by atoms with Crippen molar-refractivity contribution >= 4 is 11.9 Å². The number of aliphatic carboxylic acids is 1. The van der Waals surface area contributed by atoms with Crippen molar-refractivity contribution in [1.82, 2.24) is 20.3 Å². The van der Waals surface area contributed by atoms with E-state index in [0.717, 1.165) is 0 Å². The molecule has 0 bridgehead atoms. The lowest BCUT2D eigenvalue weighted by Crippen LogP contribution is -2.30. The van der Waals surface area contributed by atoms with Crippen molar-refractivity contribution in [3.63, 3.8) is 0 Å². The van der Waals surface area contributed by atoms with Crippen LogP contribution in [-0.4, -0.2) is 38.0 Å². The highest BCUT2D eigenvalue weighted by atomic mass is 16.4. The monoisotopic (exact) mass is 240 g/mol. The predicted octanol–water partition coefficient (Wildman–Crippen LogP) is -0.180. The second-order valence-electron chi connectivity index (χ2n) is 4.02. The molecule has 94 valence electrons. The molecule has 1 aromatic heterocycles. The number of carboxylic acids is 1. The van der Waals surface area contributed by atoms with Gasteiger partial charge in [-0.2, -0.15) is 0 Å². The Bertz CT molecular complexity index is 400. The van der Waals surface area contributed by atoms with Crippen molar-refractivity contribution < 1.29 is 14.7 Å². The Morgan fingerprint density at radius 3 is 2.82 bits per heavy atom. The maximum atomic E-state index is 11.3. The minimum absolute atomic E-state index is 0.0599. The van der Waals surface area contributed by atoms with E-state index >= 15 is 0 Å². The van der Waals surface area contributed by atoms with Gasteiger partial charge in [0.1, 0.15) is 0 Å². The van der Waals surface area contributed by atoms with Gasteiger partial charge in [0.2, 0.25) is 5.91 Å². The van der Waals surface area contributed by atoms with E-state index in [9.17, 15) is 9.59 Å². The second kappa shape index (κ2) is 5.97. The van der Waals surface area contributed by atoms with Crippen LogP contribution in [0.5, 0.6) is 0 Å². The number of nitrogens with zero attached hydrogens (tertiary/aromatic N) is 3. The molecule has 0 aliphatic rings. The van der Waals surface area contributed by atoms with Gasteiger partial charge in [0.25, 0.3) is 0 Å². The molecular formula is C10H16N4O3.